The minimum absolute atomic E-state index is 0.125. The number of nitrogens with zero attached hydrogens (tertiary/aromatic N) is 7. The Morgan fingerprint density at radius 3 is 1.99 bits per heavy atom. The van der Waals surface area contributed by atoms with E-state index in [1.165, 1.54) is 19.1 Å². The molecule has 3 atom stereocenters. The normalized spacial score (nSPS) is 18.3. The molecule has 0 aliphatic carbocycles. The highest BCUT2D eigenvalue weighted by Crippen LogP contribution is 2.46. The number of aromatic nitrogens is 3. The van der Waals surface area contributed by atoms with Gasteiger partial charge in [-0.1, -0.05) is 42.3 Å². The van der Waals surface area contributed by atoms with Crippen molar-refractivity contribution in [1.82, 2.24) is 24.8 Å². The standard InChI is InChI=1S/C50H58ClF4N7O5/c1-30-23-40(60(26-32-11-17-36(64-6)18-12-32)27-33-13-19-37(65-7)20-14-33)56-45(42(30)50(53,54)55)41-39(51)24-38-44(43(41)52)57-47(66-31(2)25-59-21-9-8-10-22-59)58-46(38)61-28-34-15-16-35(29-61)62(34)48(63)67-49(3,4)5/h11-14,17-20,23-24,31,34-35H,8-10,15-16,21-22,25-29H2,1-7H3/t31-,34?,35?/m0/s1. The van der Waals surface area contributed by atoms with Gasteiger partial charge in [-0.15, -0.1) is 0 Å². The van der Waals surface area contributed by atoms with Gasteiger partial charge in [0.05, 0.1) is 48.1 Å². The Morgan fingerprint density at radius 1 is 0.866 bits per heavy atom. The molecule has 3 saturated heterocycles. The molecule has 5 heterocycles. The monoisotopic (exact) mass is 947 g/mol. The van der Waals surface area contributed by atoms with E-state index in [0.717, 1.165) is 43.5 Å². The molecule has 0 saturated carbocycles. The average Bonchev–Trinajstić information content (AvgIpc) is 3.55. The van der Waals surface area contributed by atoms with Gasteiger partial charge >= 0.3 is 18.3 Å². The number of ether oxygens (including phenoxy) is 4. The number of hydrogen-bond donors (Lipinski definition) is 0. The van der Waals surface area contributed by atoms with Gasteiger partial charge in [-0.3, -0.25) is 9.80 Å². The smallest absolute Gasteiger partial charge is 0.418 e. The fourth-order valence-corrected chi connectivity index (χ4v) is 9.84. The lowest BCUT2D eigenvalue weighted by Gasteiger charge is -2.42. The molecule has 0 N–H and O–H groups in total. The van der Waals surface area contributed by atoms with Gasteiger partial charge in [0, 0.05) is 38.1 Å². The summed E-state index contributed by atoms with van der Waals surface area (Å²) in [6, 6.07) is 16.9. The van der Waals surface area contributed by atoms with E-state index in [2.05, 4.69) is 14.9 Å². The number of rotatable bonds is 13. The summed E-state index contributed by atoms with van der Waals surface area (Å²) in [6.45, 7) is 12.3. The number of piperazine rings is 1. The van der Waals surface area contributed by atoms with Crippen molar-refractivity contribution in [1.29, 1.82) is 0 Å². The zero-order valence-electron chi connectivity index (χ0n) is 39.1. The van der Waals surface area contributed by atoms with Crippen LogP contribution in [-0.4, -0.2) is 102 Å². The van der Waals surface area contributed by atoms with E-state index in [-0.39, 0.29) is 58.5 Å². The van der Waals surface area contributed by atoms with Gasteiger partial charge in [0.25, 0.3) is 0 Å². The van der Waals surface area contributed by atoms with Gasteiger partial charge in [0.15, 0.2) is 5.82 Å². The van der Waals surface area contributed by atoms with Gasteiger partial charge in [-0.05, 0) is 126 Å². The number of likely N-dealkylation sites (tertiary alicyclic amines) is 1. The van der Waals surface area contributed by atoms with Gasteiger partial charge < -0.3 is 28.7 Å². The molecule has 3 aromatic carbocycles. The van der Waals surface area contributed by atoms with Crippen molar-refractivity contribution in [3.63, 3.8) is 0 Å². The van der Waals surface area contributed by atoms with Gasteiger partial charge in [-0.25, -0.2) is 14.2 Å². The Bertz CT molecular complexity index is 2510. The number of aryl methyl sites for hydroxylation is 1. The Hall–Kier alpha value is -5.61. The lowest BCUT2D eigenvalue weighted by Crippen LogP contribution is -2.57. The van der Waals surface area contributed by atoms with Crippen LogP contribution in [0.5, 0.6) is 17.5 Å². The van der Waals surface area contributed by atoms with Crippen molar-refractivity contribution >= 4 is 40.2 Å². The maximum Gasteiger partial charge on any atom is 0.418 e. The van der Waals surface area contributed by atoms with Crippen LogP contribution in [0, 0.1) is 12.7 Å². The van der Waals surface area contributed by atoms with E-state index in [1.807, 2.05) is 61.8 Å². The Labute approximate surface area is 394 Å². The molecule has 3 aliphatic rings. The molecule has 8 rings (SSSR count). The lowest BCUT2D eigenvalue weighted by atomic mass is 9.98. The topological polar surface area (TPSA) is 106 Å². The highest BCUT2D eigenvalue weighted by Gasteiger charge is 2.45. The molecule has 67 heavy (non-hydrogen) atoms. The zero-order chi connectivity index (χ0) is 47.8. The summed E-state index contributed by atoms with van der Waals surface area (Å²) in [7, 11) is 3.13. The van der Waals surface area contributed by atoms with Crippen LogP contribution < -0.4 is 24.0 Å². The summed E-state index contributed by atoms with van der Waals surface area (Å²) in [6.07, 6.45) is -1.02. The van der Waals surface area contributed by atoms with Crippen LogP contribution >= 0.6 is 11.6 Å². The molecule has 0 spiro atoms. The number of methoxy groups -OCH3 is 2. The maximum absolute atomic E-state index is 17.8. The number of hydrogen-bond acceptors (Lipinski definition) is 11. The molecule has 2 unspecified atom stereocenters. The first-order valence-corrected chi connectivity index (χ1v) is 23.2. The number of amides is 1. The van der Waals surface area contributed by atoms with Crippen LogP contribution in [0.25, 0.3) is 22.2 Å². The number of pyridine rings is 1. The average molecular weight is 949 g/mol. The second-order valence-corrected chi connectivity index (χ2v) is 19.2. The van der Waals surface area contributed by atoms with Crippen molar-refractivity contribution in [2.45, 2.75) is 110 Å². The molecule has 5 aromatic rings. The second kappa shape index (κ2) is 19.5. The molecule has 1 amide bonds. The maximum atomic E-state index is 17.8. The predicted octanol–water partition coefficient (Wildman–Crippen LogP) is 10.9. The van der Waals surface area contributed by atoms with Crippen molar-refractivity contribution in [2.24, 2.45) is 0 Å². The molecule has 2 aromatic heterocycles. The first kappa shape index (κ1) is 47.9. The van der Waals surface area contributed by atoms with Crippen molar-refractivity contribution in [2.75, 3.05) is 56.7 Å². The van der Waals surface area contributed by atoms with Gasteiger partial charge in [0.1, 0.15) is 40.4 Å². The molecule has 358 valence electrons. The zero-order valence-corrected chi connectivity index (χ0v) is 39.8. The van der Waals surface area contributed by atoms with Crippen LogP contribution in [0.2, 0.25) is 5.02 Å². The van der Waals surface area contributed by atoms with E-state index in [9.17, 15) is 4.79 Å². The second-order valence-electron chi connectivity index (χ2n) is 18.8. The van der Waals surface area contributed by atoms with Crippen LogP contribution in [0.4, 0.5) is 34.0 Å². The molecule has 17 heteroatoms. The number of carbonyl (C=O) groups is 1. The fourth-order valence-electron chi connectivity index (χ4n) is 9.56. The summed E-state index contributed by atoms with van der Waals surface area (Å²) in [5, 5.41) is -0.113. The molecule has 3 fully saturated rings. The third kappa shape index (κ3) is 10.8. The fraction of sp³-hybridized carbons (Fsp3) is 0.480. The highest BCUT2D eigenvalue weighted by molar-refractivity contribution is 6.34. The summed E-state index contributed by atoms with van der Waals surface area (Å²) >= 11 is 7.04. The lowest BCUT2D eigenvalue weighted by molar-refractivity contribution is -0.137. The number of benzene rings is 3. The number of fused-ring (bicyclic) bond motifs is 3. The SMILES string of the molecule is COc1ccc(CN(Cc2ccc(OC)cc2)c2cc(C)c(C(F)(F)F)c(-c3c(Cl)cc4c(N5CC6CCC(C5)N6C(=O)OC(C)(C)C)nc(O[C@@H](C)CN5CCCCC5)nc4c3F)n2)cc1. The molecular weight excluding hydrogens is 890 g/mol. The molecule has 0 radical (unpaired) electrons. The van der Waals surface area contributed by atoms with Crippen LogP contribution in [0.3, 0.4) is 0 Å². The van der Waals surface area contributed by atoms with Crippen molar-refractivity contribution in [3.8, 4) is 28.8 Å². The quantitative estimate of drug-likeness (QED) is 0.105. The largest absolute Gasteiger partial charge is 0.497 e. The highest BCUT2D eigenvalue weighted by atomic mass is 35.5. The van der Waals surface area contributed by atoms with E-state index >= 15 is 17.6 Å². The number of halogens is 5. The molecular formula is C50H58ClF4N7O5. The summed E-state index contributed by atoms with van der Waals surface area (Å²) in [5.41, 5.74) is -1.81. The van der Waals surface area contributed by atoms with E-state index in [1.54, 1.807) is 43.4 Å². The van der Waals surface area contributed by atoms with E-state index in [4.69, 9.17) is 35.5 Å². The van der Waals surface area contributed by atoms with E-state index < -0.39 is 46.6 Å². The molecule has 2 bridgehead atoms. The third-order valence-electron chi connectivity index (χ3n) is 12.6. The van der Waals surface area contributed by atoms with Gasteiger partial charge in [0.2, 0.25) is 0 Å². The van der Waals surface area contributed by atoms with Gasteiger partial charge in [-0.2, -0.15) is 23.1 Å². The summed E-state index contributed by atoms with van der Waals surface area (Å²) < 4.78 is 86.8. The van der Waals surface area contributed by atoms with Crippen molar-refractivity contribution < 1.29 is 41.3 Å². The first-order chi connectivity index (χ1) is 31.9. The molecule has 3 aliphatic heterocycles. The molecule has 12 nitrogen and oxygen atoms in total. The number of piperidine rings is 1. The Kier molecular flexibility index (Phi) is 14.0. The Balaban J connectivity index is 1.25. The predicted molar refractivity (Wildman–Crippen MR) is 251 cm³/mol. The first-order valence-electron chi connectivity index (χ1n) is 22.8. The number of carbonyl (C=O) groups excluding carboxylic acids is 1. The minimum Gasteiger partial charge on any atom is -0.497 e. The van der Waals surface area contributed by atoms with Crippen molar-refractivity contribution in [3.05, 3.63) is 93.8 Å². The minimum atomic E-state index is -4.95. The van der Waals surface area contributed by atoms with Crippen LogP contribution in [0.15, 0.2) is 60.7 Å². The summed E-state index contributed by atoms with van der Waals surface area (Å²) in [5.74, 6) is 0.661. The number of anilines is 2. The van der Waals surface area contributed by atoms with Crippen LogP contribution in [-0.2, 0) is 24.0 Å². The third-order valence-corrected chi connectivity index (χ3v) is 12.9. The summed E-state index contributed by atoms with van der Waals surface area (Å²) in [4.78, 5) is 35.4. The Morgan fingerprint density at radius 2 is 1.45 bits per heavy atom. The van der Waals surface area contributed by atoms with E-state index in [0.29, 0.717) is 49.8 Å². The van der Waals surface area contributed by atoms with Crippen LogP contribution in [0.1, 0.15) is 82.1 Å². The number of alkyl halides is 3.